The van der Waals surface area contributed by atoms with Crippen molar-refractivity contribution < 1.29 is 13.6 Å². The normalized spacial score (nSPS) is 12.4. The average molecular weight is 337 g/mol. The fraction of sp³-hybridized carbons (Fsp3) is 0.0952. The van der Waals surface area contributed by atoms with Gasteiger partial charge < -0.3 is 5.32 Å². The number of carbonyl (C=O) groups is 1. The molecular formula is C21H17F2NO. The summed E-state index contributed by atoms with van der Waals surface area (Å²) in [6.07, 6.45) is 2.28. The van der Waals surface area contributed by atoms with Crippen LogP contribution in [-0.2, 0) is 4.79 Å². The van der Waals surface area contributed by atoms with Crippen LogP contribution in [0.3, 0.4) is 0 Å². The number of rotatable bonds is 4. The van der Waals surface area contributed by atoms with Crippen molar-refractivity contribution >= 4 is 22.8 Å². The van der Waals surface area contributed by atoms with Crippen molar-refractivity contribution in [2.75, 3.05) is 0 Å². The molecule has 0 saturated heterocycles. The standard InChI is InChI=1S/C21H17F2NO/c1-14(16-10-9-15-5-2-3-6-17(15)13-16)24-21(25)12-11-18-19(22)7-4-8-20(18)23/h2-14H,1H3,(H,24,25)/b12-11+. The molecule has 1 amide bonds. The van der Waals surface area contributed by atoms with Crippen molar-refractivity contribution in [3.05, 3.63) is 89.5 Å². The highest BCUT2D eigenvalue weighted by Gasteiger charge is 2.09. The van der Waals surface area contributed by atoms with Crippen molar-refractivity contribution in [1.82, 2.24) is 5.32 Å². The third kappa shape index (κ3) is 3.91. The minimum Gasteiger partial charge on any atom is -0.346 e. The van der Waals surface area contributed by atoms with Crippen LogP contribution in [0.1, 0.15) is 24.1 Å². The maximum absolute atomic E-state index is 13.6. The zero-order valence-corrected chi connectivity index (χ0v) is 13.7. The lowest BCUT2D eigenvalue weighted by Gasteiger charge is -2.14. The van der Waals surface area contributed by atoms with Gasteiger partial charge in [-0.2, -0.15) is 0 Å². The van der Waals surface area contributed by atoms with Gasteiger partial charge >= 0.3 is 0 Å². The maximum atomic E-state index is 13.6. The summed E-state index contributed by atoms with van der Waals surface area (Å²) < 4.78 is 27.1. The van der Waals surface area contributed by atoms with E-state index in [1.54, 1.807) is 0 Å². The second-order valence-corrected chi connectivity index (χ2v) is 5.81. The van der Waals surface area contributed by atoms with Gasteiger partial charge in [-0.1, -0.05) is 42.5 Å². The molecule has 2 nitrogen and oxygen atoms in total. The van der Waals surface area contributed by atoms with E-state index in [4.69, 9.17) is 0 Å². The van der Waals surface area contributed by atoms with Crippen LogP contribution in [0, 0.1) is 11.6 Å². The van der Waals surface area contributed by atoms with Gasteiger partial charge in [-0.05, 0) is 47.5 Å². The fourth-order valence-corrected chi connectivity index (χ4v) is 2.65. The van der Waals surface area contributed by atoms with Crippen molar-refractivity contribution in [3.8, 4) is 0 Å². The van der Waals surface area contributed by atoms with E-state index in [0.29, 0.717) is 0 Å². The quantitative estimate of drug-likeness (QED) is 0.666. The summed E-state index contributed by atoms with van der Waals surface area (Å²) >= 11 is 0. The Balaban J connectivity index is 1.72. The van der Waals surface area contributed by atoms with Crippen LogP contribution in [0.4, 0.5) is 8.78 Å². The highest BCUT2D eigenvalue weighted by molar-refractivity contribution is 5.92. The summed E-state index contributed by atoms with van der Waals surface area (Å²) in [7, 11) is 0. The number of fused-ring (bicyclic) bond motifs is 1. The van der Waals surface area contributed by atoms with Gasteiger partial charge in [-0.15, -0.1) is 0 Å². The highest BCUT2D eigenvalue weighted by Crippen LogP contribution is 2.20. The third-order valence-corrected chi connectivity index (χ3v) is 4.03. The van der Waals surface area contributed by atoms with E-state index in [9.17, 15) is 13.6 Å². The first-order valence-electron chi connectivity index (χ1n) is 7.96. The van der Waals surface area contributed by atoms with E-state index in [1.807, 2.05) is 49.4 Å². The summed E-state index contributed by atoms with van der Waals surface area (Å²) in [5.41, 5.74) is 0.730. The molecule has 0 aliphatic carbocycles. The van der Waals surface area contributed by atoms with Gasteiger partial charge in [0.05, 0.1) is 6.04 Å². The van der Waals surface area contributed by atoms with E-state index in [2.05, 4.69) is 5.32 Å². The Kier molecular flexibility index (Phi) is 4.89. The van der Waals surface area contributed by atoms with Crippen molar-refractivity contribution in [3.63, 3.8) is 0 Å². The second-order valence-electron chi connectivity index (χ2n) is 5.81. The molecule has 0 aliphatic rings. The Bertz CT molecular complexity index is 929. The Morgan fingerprint density at radius 3 is 2.36 bits per heavy atom. The molecule has 0 aliphatic heterocycles. The molecule has 25 heavy (non-hydrogen) atoms. The summed E-state index contributed by atoms with van der Waals surface area (Å²) in [5.74, 6) is -1.82. The van der Waals surface area contributed by atoms with Crippen LogP contribution >= 0.6 is 0 Å². The van der Waals surface area contributed by atoms with Gasteiger partial charge in [0.1, 0.15) is 11.6 Å². The first kappa shape index (κ1) is 16.8. The van der Waals surface area contributed by atoms with Crippen molar-refractivity contribution in [2.24, 2.45) is 0 Å². The number of benzene rings is 3. The zero-order valence-electron chi connectivity index (χ0n) is 13.7. The molecule has 0 aromatic heterocycles. The SMILES string of the molecule is CC(NC(=O)/C=C/c1c(F)cccc1F)c1ccc2ccccc2c1. The predicted octanol–water partition coefficient (Wildman–Crippen LogP) is 5.01. The Labute approximate surface area is 144 Å². The second kappa shape index (κ2) is 7.26. The number of hydrogen-bond acceptors (Lipinski definition) is 1. The molecule has 0 radical (unpaired) electrons. The van der Waals surface area contributed by atoms with E-state index < -0.39 is 17.5 Å². The van der Waals surface area contributed by atoms with E-state index in [-0.39, 0.29) is 11.6 Å². The minimum atomic E-state index is -0.702. The summed E-state index contributed by atoms with van der Waals surface area (Å²) in [6, 6.07) is 17.3. The van der Waals surface area contributed by atoms with Gasteiger partial charge in [-0.3, -0.25) is 4.79 Å². The van der Waals surface area contributed by atoms with Gasteiger partial charge in [-0.25, -0.2) is 8.78 Å². The fourth-order valence-electron chi connectivity index (χ4n) is 2.65. The molecule has 3 rings (SSSR count). The summed E-state index contributed by atoms with van der Waals surface area (Å²) in [4.78, 5) is 12.0. The van der Waals surface area contributed by atoms with Crippen molar-refractivity contribution in [2.45, 2.75) is 13.0 Å². The first-order valence-corrected chi connectivity index (χ1v) is 7.96. The average Bonchev–Trinajstić information content (AvgIpc) is 2.61. The molecule has 0 bridgehead atoms. The van der Waals surface area contributed by atoms with Crippen LogP contribution in [0.2, 0.25) is 0 Å². The van der Waals surface area contributed by atoms with Gasteiger partial charge in [0.2, 0.25) is 5.91 Å². The number of nitrogens with one attached hydrogen (secondary N) is 1. The third-order valence-electron chi connectivity index (χ3n) is 4.03. The molecule has 126 valence electrons. The molecule has 1 atom stereocenters. The number of amides is 1. The number of carbonyl (C=O) groups excluding carboxylic acids is 1. The smallest absolute Gasteiger partial charge is 0.244 e. The molecule has 3 aromatic carbocycles. The van der Waals surface area contributed by atoms with Crippen LogP contribution in [0.5, 0.6) is 0 Å². The van der Waals surface area contributed by atoms with E-state index >= 15 is 0 Å². The summed E-state index contributed by atoms with van der Waals surface area (Å²) in [6.45, 7) is 1.86. The zero-order chi connectivity index (χ0) is 17.8. The lowest BCUT2D eigenvalue weighted by atomic mass is 10.0. The maximum Gasteiger partial charge on any atom is 0.244 e. The van der Waals surface area contributed by atoms with E-state index in [0.717, 1.165) is 40.6 Å². The molecule has 0 spiro atoms. The lowest BCUT2D eigenvalue weighted by molar-refractivity contribution is -0.117. The Hall–Kier alpha value is -3.01. The Morgan fingerprint density at radius 2 is 1.64 bits per heavy atom. The van der Waals surface area contributed by atoms with Crippen LogP contribution in [-0.4, -0.2) is 5.91 Å². The molecule has 3 aromatic rings. The molecule has 0 heterocycles. The first-order chi connectivity index (χ1) is 12.0. The molecule has 1 N–H and O–H groups in total. The molecule has 4 heteroatoms. The van der Waals surface area contributed by atoms with Crippen LogP contribution in [0.15, 0.2) is 66.7 Å². The summed E-state index contributed by atoms with van der Waals surface area (Å²) in [5, 5.41) is 5.01. The minimum absolute atomic E-state index is 0.226. The van der Waals surface area contributed by atoms with Gasteiger partial charge in [0.15, 0.2) is 0 Å². The lowest BCUT2D eigenvalue weighted by Crippen LogP contribution is -2.24. The van der Waals surface area contributed by atoms with Gasteiger partial charge in [0.25, 0.3) is 0 Å². The van der Waals surface area contributed by atoms with Crippen LogP contribution < -0.4 is 5.32 Å². The number of hydrogen-bond donors (Lipinski definition) is 1. The van der Waals surface area contributed by atoms with Gasteiger partial charge in [0, 0.05) is 11.6 Å². The monoisotopic (exact) mass is 337 g/mol. The largest absolute Gasteiger partial charge is 0.346 e. The van der Waals surface area contributed by atoms with Crippen LogP contribution in [0.25, 0.3) is 16.8 Å². The molecule has 1 unspecified atom stereocenters. The molecular weight excluding hydrogens is 320 g/mol. The Morgan fingerprint density at radius 1 is 0.960 bits per heavy atom. The molecule has 0 fully saturated rings. The topological polar surface area (TPSA) is 29.1 Å². The van der Waals surface area contributed by atoms with E-state index in [1.165, 1.54) is 6.07 Å². The highest BCUT2D eigenvalue weighted by atomic mass is 19.1. The molecule has 0 saturated carbocycles. The predicted molar refractivity (Wildman–Crippen MR) is 95.9 cm³/mol. The van der Waals surface area contributed by atoms with Crippen molar-refractivity contribution in [1.29, 1.82) is 0 Å². The number of halogens is 2.